The number of aryl methyl sites for hydroxylation is 1. The molecule has 1 aromatic heterocycles. The molecule has 1 aliphatic heterocycles. The Hall–Kier alpha value is -2.58. The van der Waals surface area contributed by atoms with Crippen LogP contribution in [0, 0.1) is 13.8 Å². The zero-order valence-corrected chi connectivity index (χ0v) is 16.6. The molecule has 0 fully saturated rings. The molecule has 2 aromatic rings. The summed E-state index contributed by atoms with van der Waals surface area (Å²) in [7, 11) is 0. The van der Waals surface area contributed by atoms with E-state index < -0.39 is 5.91 Å². The first-order chi connectivity index (χ1) is 12.9. The van der Waals surface area contributed by atoms with Gasteiger partial charge in [0, 0.05) is 4.88 Å². The number of anilines is 1. The Bertz CT molecular complexity index is 935. The van der Waals surface area contributed by atoms with Crippen LogP contribution in [0.2, 0.25) is 0 Å². The largest absolute Gasteiger partial charge is 0.365 e. The lowest BCUT2D eigenvalue weighted by atomic mass is 10.1. The fourth-order valence-corrected chi connectivity index (χ4v) is 4.68. The van der Waals surface area contributed by atoms with Crippen molar-refractivity contribution in [3.8, 4) is 0 Å². The molecule has 0 radical (unpaired) electrons. The molecule has 0 unspecified atom stereocenters. The van der Waals surface area contributed by atoms with Gasteiger partial charge in [-0.1, -0.05) is 30.3 Å². The van der Waals surface area contributed by atoms with Gasteiger partial charge in [0.05, 0.1) is 17.0 Å². The van der Waals surface area contributed by atoms with Crippen LogP contribution in [0.5, 0.6) is 0 Å². The zero-order valence-electron chi connectivity index (χ0n) is 14.9. The van der Waals surface area contributed by atoms with E-state index in [0.29, 0.717) is 16.3 Å². The van der Waals surface area contributed by atoms with Crippen LogP contribution in [-0.4, -0.2) is 34.9 Å². The van der Waals surface area contributed by atoms with E-state index in [1.807, 2.05) is 42.7 Å². The number of rotatable bonds is 5. The number of amides is 3. The summed E-state index contributed by atoms with van der Waals surface area (Å²) in [4.78, 5) is 39.1. The molecular weight excluding hydrogens is 382 g/mol. The van der Waals surface area contributed by atoms with Gasteiger partial charge in [0.15, 0.2) is 0 Å². The number of nitrogens with two attached hydrogens (primary N) is 1. The van der Waals surface area contributed by atoms with Crippen molar-refractivity contribution >= 4 is 51.5 Å². The average molecular weight is 402 g/mol. The predicted molar refractivity (Wildman–Crippen MR) is 110 cm³/mol. The van der Waals surface area contributed by atoms with Crippen LogP contribution < -0.4 is 11.1 Å². The highest BCUT2D eigenvalue weighted by Crippen LogP contribution is 2.32. The fraction of sp³-hybridized carbons (Fsp3) is 0.211. The molecule has 140 valence electrons. The molecule has 0 saturated heterocycles. The van der Waals surface area contributed by atoms with Gasteiger partial charge in [0.1, 0.15) is 11.5 Å². The van der Waals surface area contributed by atoms with Gasteiger partial charge in [-0.3, -0.25) is 14.4 Å². The van der Waals surface area contributed by atoms with E-state index in [4.69, 9.17) is 5.73 Å². The predicted octanol–water partition coefficient (Wildman–Crippen LogP) is 2.98. The van der Waals surface area contributed by atoms with E-state index in [0.717, 1.165) is 16.0 Å². The van der Waals surface area contributed by atoms with Gasteiger partial charge in [0.25, 0.3) is 5.91 Å². The van der Waals surface area contributed by atoms with Crippen LogP contribution in [0.1, 0.15) is 26.4 Å². The Morgan fingerprint density at radius 2 is 1.93 bits per heavy atom. The van der Waals surface area contributed by atoms with Gasteiger partial charge in [0.2, 0.25) is 11.8 Å². The summed E-state index contributed by atoms with van der Waals surface area (Å²) < 4.78 is 0. The fourth-order valence-electron chi connectivity index (χ4n) is 2.80. The van der Waals surface area contributed by atoms with Crippen molar-refractivity contribution in [1.29, 1.82) is 0 Å². The average Bonchev–Trinajstić information content (AvgIpc) is 2.91. The molecule has 0 spiro atoms. The van der Waals surface area contributed by atoms with Crippen LogP contribution in [0.15, 0.2) is 35.7 Å². The Labute approximate surface area is 165 Å². The van der Waals surface area contributed by atoms with Crippen molar-refractivity contribution in [3.05, 3.63) is 57.3 Å². The number of nitrogens with one attached hydrogen (secondary N) is 1. The molecule has 0 saturated carbocycles. The maximum atomic E-state index is 12.6. The van der Waals surface area contributed by atoms with E-state index in [1.165, 1.54) is 28.0 Å². The maximum Gasteiger partial charge on any atom is 0.251 e. The number of carbonyl (C=O) groups is 3. The van der Waals surface area contributed by atoms with Crippen LogP contribution in [-0.2, 0) is 9.59 Å². The second kappa shape index (κ2) is 7.98. The molecule has 1 aliphatic rings. The summed E-state index contributed by atoms with van der Waals surface area (Å²) >= 11 is 2.71. The highest BCUT2D eigenvalue weighted by molar-refractivity contribution is 8.03. The number of hydrogen-bond acceptors (Lipinski definition) is 5. The van der Waals surface area contributed by atoms with Crippen molar-refractivity contribution in [1.82, 2.24) is 4.90 Å². The lowest BCUT2D eigenvalue weighted by Crippen LogP contribution is -2.39. The Morgan fingerprint density at radius 1 is 1.22 bits per heavy atom. The summed E-state index contributed by atoms with van der Waals surface area (Å²) in [6.07, 6.45) is 0. The van der Waals surface area contributed by atoms with Crippen molar-refractivity contribution in [2.45, 2.75) is 13.8 Å². The smallest absolute Gasteiger partial charge is 0.251 e. The van der Waals surface area contributed by atoms with E-state index in [2.05, 4.69) is 5.32 Å². The number of hydrogen-bond donors (Lipinski definition) is 2. The highest BCUT2D eigenvalue weighted by Gasteiger charge is 2.26. The summed E-state index contributed by atoms with van der Waals surface area (Å²) in [5.41, 5.74) is 8.10. The van der Waals surface area contributed by atoms with Crippen molar-refractivity contribution in [2.24, 2.45) is 5.73 Å². The lowest BCUT2D eigenvalue weighted by molar-refractivity contribution is -0.129. The minimum Gasteiger partial charge on any atom is -0.365 e. The monoisotopic (exact) mass is 401 g/mol. The number of thiophene rings is 1. The first kappa shape index (κ1) is 19.2. The summed E-state index contributed by atoms with van der Waals surface area (Å²) in [6, 6.07) is 9.45. The van der Waals surface area contributed by atoms with Crippen molar-refractivity contribution < 1.29 is 14.4 Å². The number of carbonyl (C=O) groups excluding carboxylic acids is 3. The van der Waals surface area contributed by atoms with Crippen LogP contribution >= 0.6 is 23.1 Å². The van der Waals surface area contributed by atoms with Gasteiger partial charge in [-0.15, -0.1) is 23.1 Å². The molecule has 0 aliphatic carbocycles. The van der Waals surface area contributed by atoms with Gasteiger partial charge in [-0.25, -0.2) is 0 Å². The van der Waals surface area contributed by atoms with Gasteiger partial charge in [-0.2, -0.15) is 0 Å². The third kappa shape index (κ3) is 4.06. The Morgan fingerprint density at radius 3 is 2.59 bits per heavy atom. The molecule has 27 heavy (non-hydrogen) atoms. The molecule has 3 amide bonds. The Kier molecular flexibility index (Phi) is 5.67. The normalized spacial score (nSPS) is 14.1. The Balaban J connectivity index is 1.81. The molecule has 3 N–H and O–H groups in total. The quantitative estimate of drug-likeness (QED) is 0.806. The summed E-state index contributed by atoms with van der Waals surface area (Å²) in [5.74, 6) is -0.804. The molecule has 1 aromatic carbocycles. The number of benzene rings is 1. The number of primary amides is 1. The van der Waals surface area contributed by atoms with E-state index in [1.54, 1.807) is 6.92 Å². The molecule has 0 atom stereocenters. The molecule has 6 nitrogen and oxygen atoms in total. The first-order valence-electron chi connectivity index (χ1n) is 8.25. The van der Waals surface area contributed by atoms with Crippen molar-refractivity contribution in [2.75, 3.05) is 17.6 Å². The van der Waals surface area contributed by atoms with Crippen molar-refractivity contribution in [3.63, 3.8) is 0 Å². The second-order valence-corrected chi connectivity index (χ2v) is 8.14. The van der Waals surface area contributed by atoms with Crippen LogP contribution in [0.4, 0.5) is 5.00 Å². The molecular formula is C19H19N3O3S2. The third-order valence-electron chi connectivity index (χ3n) is 4.25. The molecule has 8 heteroatoms. The van der Waals surface area contributed by atoms with E-state index in [-0.39, 0.29) is 24.1 Å². The minimum atomic E-state index is -0.581. The lowest BCUT2D eigenvalue weighted by Gasteiger charge is -2.28. The van der Waals surface area contributed by atoms with Crippen LogP contribution in [0.25, 0.3) is 5.70 Å². The van der Waals surface area contributed by atoms with Crippen LogP contribution in [0.3, 0.4) is 0 Å². The van der Waals surface area contributed by atoms with Gasteiger partial charge >= 0.3 is 0 Å². The first-order valence-corrected chi connectivity index (χ1v) is 10.1. The zero-order chi connectivity index (χ0) is 19.6. The minimum absolute atomic E-state index is 0.131. The molecule has 2 heterocycles. The highest BCUT2D eigenvalue weighted by atomic mass is 32.2. The van der Waals surface area contributed by atoms with Gasteiger partial charge in [-0.05, 0) is 30.4 Å². The van der Waals surface area contributed by atoms with E-state index >= 15 is 0 Å². The third-order valence-corrected chi connectivity index (χ3v) is 6.18. The topological polar surface area (TPSA) is 92.5 Å². The summed E-state index contributed by atoms with van der Waals surface area (Å²) in [5, 5.41) is 5.05. The summed E-state index contributed by atoms with van der Waals surface area (Å²) in [6.45, 7) is 3.53. The number of nitrogens with zero attached hydrogens (tertiary/aromatic N) is 1. The second-order valence-electron chi connectivity index (χ2n) is 6.06. The number of thioether (sulfide) groups is 1. The SMILES string of the molecule is Cc1sc(NC(=O)CN2C(=O)CSC=C2c2ccccc2)c(C(N)=O)c1C. The molecule has 3 rings (SSSR count). The van der Waals surface area contributed by atoms with E-state index in [9.17, 15) is 14.4 Å². The standard InChI is InChI=1S/C19H19N3O3S2/c1-11-12(2)27-19(17(11)18(20)25)21-15(23)8-22-14(9-26-10-16(22)24)13-6-4-3-5-7-13/h3-7,9H,8,10H2,1-2H3,(H2,20,25)(H,21,23). The van der Waals surface area contributed by atoms with Gasteiger partial charge < -0.3 is 16.0 Å². The maximum absolute atomic E-state index is 12.6. The molecule has 0 bridgehead atoms.